The molecule has 3 aromatic rings. The van der Waals surface area contributed by atoms with Crippen molar-refractivity contribution in [3.63, 3.8) is 0 Å². The van der Waals surface area contributed by atoms with Gasteiger partial charge in [0.25, 0.3) is 10.9 Å². The second-order valence-corrected chi connectivity index (χ2v) is 7.97. The van der Waals surface area contributed by atoms with Crippen LogP contribution in [0.4, 0.5) is 0 Å². The van der Waals surface area contributed by atoms with E-state index in [1.165, 1.54) is 0 Å². The molecule has 3 rings (SSSR count). The first-order valence-electron chi connectivity index (χ1n) is 8.55. The van der Waals surface area contributed by atoms with E-state index in [0.29, 0.717) is 5.78 Å². The predicted molar refractivity (Wildman–Crippen MR) is 96.1 cm³/mol. The molecule has 25 heavy (non-hydrogen) atoms. The molecule has 2 aromatic heterocycles. The van der Waals surface area contributed by atoms with Gasteiger partial charge in [-0.25, -0.2) is 17.9 Å². The van der Waals surface area contributed by atoms with Gasteiger partial charge < -0.3 is 0 Å². The first-order valence-corrected chi connectivity index (χ1v) is 10.2. The minimum absolute atomic E-state index is 0.115. The third kappa shape index (κ3) is 3.87. The zero-order valence-corrected chi connectivity index (χ0v) is 15.3. The van der Waals surface area contributed by atoms with Crippen molar-refractivity contribution in [2.75, 3.05) is 0 Å². The van der Waals surface area contributed by atoms with Gasteiger partial charge in [0.2, 0.25) is 9.84 Å². The molecule has 0 amide bonds. The number of aryl methyl sites for hydroxylation is 2. The Bertz CT molecular complexity index is 965. The zero-order valence-electron chi connectivity index (χ0n) is 14.5. The summed E-state index contributed by atoms with van der Waals surface area (Å²) < 4.78 is 26.9. The Morgan fingerprint density at radius 3 is 2.40 bits per heavy atom. The molecule has 0 spiro atoms. The lowest BCUT2D eigenvalue weighted by atomic mass is 10.2. The number of nitrogens with zero attached hydrogens (tertiary/aromatic N) is 4. The van der Waals surface area contributed by atoms with Gasteiger partial charge in [-0.15, -0.1) is 5.10 Å². The number of sulfone groups is 1. The van der Waals surface area contributed by atoms with E-state index in [9.17, 15) is 8.42 Å². The van der Waals surface area contributed by atoms with E-state index in [4.69, 9.17) is 0 Å². The van der Waals surface area contributed by atoms with Crippen LogP contribution in [0, 0.1) is 0 Å². The Labute approximate surface area is 147 Å². The monoisotopic (exact) mass is 358 g/mol. The summed E-state index contributed by atoms with van der Waals surface area (Å²) >= 11 is 0. The van der Waals surface area contributed by atoms with Gasteiger partial charge in [-0.3, -0.25) is 0 Å². The fourth-order valence-corrected chi connectivity index (χ4v) is 3.96. The number of rotatable bonds is 7. The average molecular weight is 358 g/mol. The molecule has 0 N–H and O–H groups in total. The van der Waals surface area contributed by atoms with Crippen LogP contribution in [0.3, 0.4) is 0 Å². The zero-order chi connectivity index (χ0) is 17.9. The summed E-state index contributed by atoms with van der Waals surface area (Å²) in [7, 11) is -3.62. The highest BCUT2D eigenvalue weighted by atomic mass is 32.2. The topological polar surface area (TPSA) is 77.2 Å². The molecule has 0 saturated carbocycles. The summed E-state index contributed by atoms with van der Waals surface area (Å²) in [6.45, 7) is 4.17. The first-order chi connectivity index (χ1) is 12.0. The molecule has 0 aliphatic heterocycles. The van der Waals surface area contributed by atoms with Crippen LogP contribution >= 0.6 is 0 Å². The summed E-state index contributed by atoms with van der Waals surface area (Å²) in [5, 5.41) is 4.10. The van der Waals surface area contributed by atoms with Crippen LogP contribution < -0.4 is 0 Å². The Hall–Kier alpha value is -2.28. The minimum Gasteiger partial charge on any atom is -0.220 e. The number of aromatic nitrogens is 4. The van der Waals surface area contributed by atoms with Crippen LogP contribution in [0.25, 0.3) is 5.78 Å². The average Bonchev–Trinajstić information content (AvgIpc) is 3.01. The maximum Gasteiger partial charge on any atom is 0.269 e. The first kappa shape index (κ1) is 17.5. The molecular weight excluding hydrogens is 336 g/mol. The van der Waals surface area contributed by atoms with Gasteiger partial charge in [0.1, 0.15) is 0 Å². The fourth-order valence-electron chi connectivity index (χ4n) is 2.77. The molecule has 0 aliphatic rings. The van der Waals surface area contributed by atoms with Crippen molar-refractivity contribution in [1.29, 1.82) is 0 Å². The number of hydrogen-bond donors (Lipinski definition) is 0. The minimum atomic E-state index is -3.62. The van der Waals surface area contributed by atoms with E-state index in [0.717, 1.165) is 42.6 Å². The van der Waals surface area contributed by atoms with Crippen LogP contribution in [0.1, 0.15) is 43.6 Å². The second kappa shape index (κ2) is 7.31. The lowest BCUT2D eigenvalue weighted by Crippen LogP contribution is -2.08. The Kier molecular flexibility index (Phi) is 5.13. The normalized spacial score (nSPS) is 11.9. The van der Waals surface area contributed by atoms with Crippen LogP contribution in [0.5, 0.6) is 0 Å². The maximum atomic E-state index is 12.7. The molecule has 0 radical (unpaired) electrons. The van der Waals surface area contributed by atoms with Gasteiger partial charge in [0.15, 0.2) is 0 Å². The summed E-state index contributed by atoms with van der Waals surface area (Å²) in [5.74, 6) is 0.247. The standard InChI is InChI=1S/C18H22N4O2S/c1-3-8-15-12-16(9-4-2)22-17(19-15)20-18(21-22)25(23,24)13-14-10-6-5-7-11-14/h5-7,10-12H,3-4,8-9,13H2,1-2H3. The Balaban J connectivity index is 2.03. The van der Waals surface area contributed by atoms with Gasteiger partial charge in [-0.1, -0.05) is 57.0 Å². The SMILES string of the molecule is CCCc1cc(CCC)n2nc(S(=O)(=O)Cc3ccccc3)nc2n1. The van der Waals surface area contributed by atoms with Crippen LogP contribution in [-0.2, 0) is 28.4 Å². The Morgan fingerprint density at radius 1 is 1.00 bits per heavy atom. The molecule has 2 heterocycles. The van der Waals surface area contributed by atoms with Gasteiger partial charge in [-0.2, -0.15) is 4.98 Å². The lowest BCUT2D eigenvalue weighted by molar-refractivity contribution is 0.585. The fraction of sp³-hybridized carbons (Fsp3) is 0.389. The molecule has 0 unspecified atom stereocenters. The highest BCUT2D eigenvalue weighted by molar-refractivity contribution is 7.90. The second-order valence-electron chi connectivity index (χ2n) is 6.09. The van der Waals surface area contributed by atoms with E-state index >= 15 is 0 Å². The van der Waals surface area contributed by atoms with Crippen LogP contribution in [0.15, 0.2) is 41.6 Å². The van der Waals surface area contributed by atoms with Gasteiger partial charge in [-0.05, 0) is 24.5 Å². The Morgan fingerprint density at radius 2 is 1.72 bits per heavy atom. The molecule has 0 aliphatic carbocycles. The van der Waals surface area contributed by atoms with E-state index in [2.05, 4.69) is 28.9 Å². The van der Waals surface area contributed by atoms with Crippen molar-refractivity contribution in [1.82, 2.24) is 19.6 Å². The predicted octanol–water partition coefficient (Wildman–Crippen LogP) is 3.00. The molecule has 132 valence electrons. The highest BCUT2D eigenvalue weighted by Gasteiger charge is 2.23. The summed E-state index contributed by atoms with van der Waals surface area (Å²) in [4.78, 5) is 8.69. The van der Waals surface area contributed by atoms with Gasteiger partial charge >= 0.3 is 0 Å². The molecule has 7 heteroatoms. The van der Waals surface area contributed by atoms with E-state index in [1.807, 2.05) is 24.3 Å². The lowest BCUT2D eigenvalue weighted by Gasteiger charge is -2.05. The maximum absolute atomic E-state index is 12.7. The number of hydrogen-bond acceptors (Lipinski definition) is 5. The van der Waals surface area contributed by atoms with Gasteiger partial charge in [0.05, 0.1) is 5.75 Å². The summed E-state index contributed by atoms with van der Waals surface area (Å²) in [6.07, 6.45) is 3.56. The van der Waals surface area contributed by atoms with Crippen LogP contribution in [0.2, 0.25) is 0 Å². The molecule has 1 aromatic carbocycles. The number of fused-ring (bicyclic) bond motifs is 1. The third-order valence-corrected chi connectivity index (χ3v) is 5.35. The highest BCUT2D eigenvalue weighted by Crippen LogP contribution is 2.16. The smallest absolute Gasteiger partial charge is 0.220 e. The molecule has 0 bridgehead atoms. The summed E-state index contributed by atoms with van der Waals surface area (Å²) in [5.41, 5.74) is 2.59. The molecule has 0 atom stereocenters. The van der Waals surface area contributed by atoms with Crippen molar-refractivity contribution in [2.45, 2.75) is 50.4 Å². The summed E-state index contributed by atoms with van der Waals surface area (Å²) in [6, 6.07) is 11.1. The quantitative estimate of drug-likeness (QED) is 0.649. The van der Waals surface area contributed by atoms with Crippen molar-refractivity contribution >= 4 is 15.6 Å². The van der Waals surface area contributed by atoms with Crippen LogP contribution in [-0.4, -0.2) is 28.0 Å². The van der Waals surface area contributed by atoms with E-state index < -0.39 is 9.84 Å². The van der Waals surface area contributed by atoms with Crippen molar-refractivity contribution < 1.29 is 8.42 Å². The third-order valence-electron chi connectivity index (χ3n) is 3.91. The van der Waals surface area contributed by atoms with Crippen molar-refractivity contribution in [3.8, 4) is 0 Å². The molecule has 0 fully saturated rings. The van der Waals surface area contributed by atoms with Crippen molar-refractivity contribution in [2.24, 2.45) is 0 Å². The van der Waals surface area contributed by atoms with Crippen molar-refractivity contribution in [3.05, 3.63) is 53.3 Å². The van der Waals surface area contributed by atoms with E-state index in [-0.39, 0.29) is 10.9 Å². The van der Waals surface area contributed by atoms with Gasteiger partial charge in [0, 0.05) is 11.4 Å². The molecular formula is C18H22N4O2S. The molecule has 0 saturated heterocycles. The largest absolute Gasteiger partial charge is 0.269 e. The molecule has 6 nitrogen and oxygen atoms in total. The van der Waals surface area contributed by atoms with E-state index in [1.54, 1.807) is 16.6 Å². The number of benzene rings is 1.